The molecule has 0 unspecified atom stereocenters. The molecule has 35 heavy (non-hydrogen) atoms. The lowest BCUT2D eigenvalue weighted by molar-refractivity contribution is -0.274. The molecule has 10 heteroatoms. The van der Waals surface area contributed by atoms with Gasteiger partial charge in [-0.15, -0.1) is 0 Å². The van der Waals surface area contributed by atoms with Gasteiger partial charge in [0.2, 0.25) is 11.8 Å². The second-order valence-corrected chi connectivity index (χ2v) is 9.85. The molecule has 0 aliphatic carbocycles. The highest BCUT2D eigenvalue weighted by atomic mass is 16.7. The van der Waals surface area contributed by atoms with E-state index in [1.54, 1.807) is 24.4 Å². The average Bonchev–Trinajstić information content (AvgIpc) is 2.79. The molecule has 2 saturated heterocycles. The van der Waals surface area contributed by atoms with Crippen LogP contribution in [0.5, 0.6) is 0 Å². The Bertz CT molecular complexity index is 964. The first-order valence-electron chi connectivity index (χ1n) is 12.1. The minimum atomic E-state index is -0.877. The summed E-state index contributed by atoms with van der Waals surface area (Å²) in [4.78, 5) is 64.9. The molecule has 0 radical (unpaired) electrons. The van der Waals surface area contributed by atoms with Crippen molar-refractivity contribution < 1.29 is 24.0 Å². The summed E-state index contributed by atoms with van der Waals surface area (Å²) in [7, 11) is 0. The van der Waals surface area contributed by atoms with Gasteiger partial charge in [0.25, 0.3) is 11.8 Å². The maximum atomic E-state index is 13.5. The fraction of sp³-hybridized carbons (Fsp3) is 0.560. The fourth-order valence-electron chi connectivity index (χ4n) is 4.40. The molecule has 10 nitrogen and oxygen atoms in total. The second kappa shape index (κ2) is 11.4. The first-order chi connectivity index (χ1) is 16.6. The normalized spacial score (nSPS) is 22.9. The van der Waals surface area contributed by atoms with Gasteiger partial charge >= 0.3 is 0 Å². The van der Waals surface area contributed by atoms with Gasteiger partial charge in [-0.05, 0) is 42.9 Å². The average molecular weight is 486 g/mol. The Balaban J connectivity index is 1.97. The standard InChI is InChI=1S/C25H35N5O5/c1-16(2)13-19-24(33)28(12-10-21(26)31)15-22-29(19)25(34)20(14-17(3)4)35-30(22)23(32)9-8-18-7-5-6-11-27-18/h5-9,11,16-17,19-20,22H,10,12-15H2,1-4H3,(H2,26,31)/b9-8+/t19-,20+,22-/m0/s1. The van der Waals surface area contributed by atoms with Gasteiger partial charge in [0, 0.05) is 25.2 Å². The number of rotatable bonds is 9. The van der Waals surface area contributed by atoms with E-state index in [0.717, 1.165) is 0 Å². The number of hydrogen-bond acceptors (Lipinski definition) is 6. The Hall–Kier alpha value is -3.27. The highest BCUT2D eigenvalue weighted by Gasteiger charge is 2.52. The maximum Gasteiger partial charge on any atom is 0.272 e. The molecule has 3 heterocycles. The van der Waals surface area contributed by atoms with E-state index in [1.165, 1.54) is 20.9 Å². The van der Waals surface area contributed by atoms with Crippen molar-refractivity contribution in [1.29, 1.82) is 0 Å². The zero-order valence-corrected chi connectivity index (χ0v) is 20.8. The number of primary amides is 1. The van der Waals surface area contributed by atoms with Gasteiger partial charge in [0.1, 0.15) is 6.04 Å². The summed E-state index contributed by atoms with van der Waals surface area (Å²) in [5.74, 6) is -1.27. The molecule has 4 amide bonds. The Morgan fingerprint density at radius 3 is 2.46 bits per heavy atom. The van der Waals surface area contributed by atoms with Crippen LogP contribution in [0, 0.1) is 11.8 Å². The minimum Gasteiger partial charge on any atom is -0.370 e. The SMILES string of the molecule is CC(C)C[C@H]1ON(C(=O)/C=C/c2ccccn2)[C@H]2CN(CCC(N)=O)C(=O)[C@H](CC(C)C)N2C1=O. The number of nitrogens with zero attached hydrogens (tertiary/aromatic N) is 4. The smallest absolute Gasteiger partial charge is 0.272 e. The number of carbonyl (C=O) groups excluding carboxylic acids is 4. The molecule has 0 aromatic carbocycles. The molecule has 2 aliphatic heterocycles. The Kier molecular flexibility index (Phi) is 8.61. The molecule has 1 aromatic rings. The van der Waals surface area contributed by atoms with E-state index < -0.39 is 30.1 Å². The molecule has 2 aliphatic rings. The number of piperazine rings is 1. The number of aromatic nitrogens is 1. The summed E-state index contributed by atoms with van der Waals surface area (Å²) < 4.78 is 0. The number of carbonyl (C=O) groups is 4. The van der Waals surface area contributed by atoms with Crippen molar-refractivity contribution in [2.75, 3.05) is 13.1 Å². The minimum absolute atomic E-state index is 0.00877. The van der Waals surface area contributed by atoms with Gasteiger partial charge in [0.05, 0.1) is 12.2 Å². The number of hydrogen-bond donors (Lipinski definition) is 1. The molecule has 1 aromatic heterocycles. The lowest BCUT2D eigenvalue weighted by Crippen LogP contribution is -2.73. The molecule has 0 spiro atoms. The summed E-state index contributed by atoms with van der Waals surface area (Å²) in [6.07, 6.45) is 3.68. The summed E-state index contributed by atoms with van der Waals surface area (Å²) in [5, 5.41) is 1.20. The Morgan fingerprint density at radius 2 is 1.86 bits per heavy atom. The number of hydroxylamine groups is 2. The van der Waals surface area contributed by atoms with E-state index in [1.807, 2.05) is 33.8 Å². The molecule has 0 bridgehead atoms. The predicted molar refractivity (Wildman–Crippen MR) is 129 cm³/mol. The van der Waals surface area contributed by atoms with Crippen LogP contribution in [0.3, 0.4) is 0 Å². The van der Waals surface area contributed by atoms with Crippen LogP contribution < -0.4 is 5.73 Å². The number of fused-ring (bicyclic) bond motifs is 1. The second-order valence-electron chi connectivity index (χ2n) is 9.85. The quantitative estimate of drug-likeness (QED) is 0.529. The fourth-order valence-corrected chi connectivity index (χ4v) is 4.40. The van der Waals surface area contributed by atoms with Gasteiger partial charge in [-0.2, -0.15) is 5.06 Å². The monoisotopic (exact) mass is 485 g/mol. The summed E-state index contributed by atoms with van der Waals surface area (Å²) in [5.41, 5.74) is 5.91. The van der Waals surface area contributed by atoms with Crippen LogP contribution in [0.15, 0.2) is 30.5 Å². The van der Waals surface area contributed by atoms with Crippen molar-refractivity contribution in [2.45, 2.75) is 65.3 Å². The molecule has 190 valence electrons. The maximum absolute atomic E-state index is 13.5. The third-order valence-electron chi connectivity index (χ3n) is 5.99. The molecular formula is C25H35N5O5. The molecule has 0 saturated carbocycles. The van der Waals surface area contributed by atoms with Crippen LogP contribution in [-0.4, -0.2) is 74.9 Å². The van der Waals surface area contributed by atoms with Gasteiger partial charge in [-0.3, -0.25) is 29.0 Å². The van der Waals surface area contributed by atoms with Crippen LogP contribution in [-0.2, 0) is 24.0 Å². The van der Waals surface area contributed by atoms with Crippen molar-refractivity contribution >= 4 is 29.7 Å². The Morgan fingerprint density at radius 1 is 1.14 bits per heavy atom. The van der Waals surface area contributed by atoms with E-state index in [2.05, 4.69) is 4.98 Å². The lowest BCUT2D eigenvalue weighted by Gasteiger charge is -2.53. The zero-order valence-electron chi connectivity index (χ0n) is 20.8. The van der Waals surface area contributed by atoms with Crippen molar-refractivity contribution in [3.8, 4) is 0 Å². The largest absolute Gasteiger partial charge is 0.370 e. The summed E-state index contributed by atoms with van der Waals surface area (Å²) in [6, 6.07) is 4.60. The lowest BCUT2D eigenvalue weighted by atomic mass is 9.95. The van der Waals surface area contributed by atoms with E-state index in [-0.39, 0.29) is 43.2 Å². The molecular weight excluding hydrogens is 450 g/mol. The van der Waals surface area contributed by atoms with E-state index in [0.29, 0.717) is 18.5 Å². The molecule has 3 rings (SSSR count). The van der Waals surface area contributed by atoms with Crippen molar-refractivity contribution in [2.24, 2.45) is 17.6 Å². The van der Waals surface area contributed by atoms with Gasteiger partial charge < -0.3 is 15.5 Å². The van der Waals surface area contributed by atoms with Crippen LogP contribution in [0.4, 0.5) is 0 Å². The first-order valence-corrected chi connectivity index (χ1v) is 12.1. The van der Waals surface area contributed by atoms with Crippen molar-refractivity contribution in [3.05, 3.63) is 36.2 Å². The summed E-state index contributed by atoms with van der Waals surface area (Å²) in [6.45, 7) is 8.02. The van der Waals surface area contributed by atoms with E-state index in [4.69, 9.17) is 10.6 Å². The number of pyridine rings is 1. The predicted octanol–water partition coefficient (Wildman–Crippen LogP) is 1.57. The molecule has 2 N–H and O–H groups in total. The molecule has 2 fully saturated rings. The van der Waals surface area contributed by atoms with Crippen LogP contribution in [0.25, 0.3) is 6.08 Å². The van der Waals surface area contributed by atoms with E-state index >= 15 is 0 Å². The number of nitrogens with two attached hydrogens (primary N) is 1. The van der Waals surface area contributed by atoms with Gasteiger partial charge in [0.15, 0.2) is 12.3 Å². The van der Waals surface area contributed by atoms with Crippen molar-refractivity contribution in [1.82, 2.24) is 19.8 Å². The van der Waals surface area contributed by atoms with Gasteiger partial charge in [-0.1, -0.05) is 33.8 Å². The third-order valence-corrected chi connectivity index (χ3v) is 5.99. The van der Waals surface area contributed by atoms with Gasteiger partial charge in [-0.25, -0.2) is 0 Å². The van der Waals surface area contributed by atoms with Crippen molar-refractivity contribution in [3.63, 3.8) is 0 Å². The van der Waals surface area contributed by atoms with E-state index in [9.17, 15) is 19.2 Å². The molecule has 3 atom stereocenters. The van der Waals surface area contributed by atoms with Crippen LogP contribution in [0.2, 0.25) is 0 Å². The third kappa shape index (κ3) is 6.45. The first kappa shape index (κ1) is 26.3. The zero-order chi connectivity index (χ0) is 25.7. The van der Waals surface area contributed by atoms with Crippen LogP contribution in [0.1, 0.15) is 52.7 Å². The number of amides is 4. The highest BCUT2D eigenvalue weighted by molar-refractivity contribution is 5.95. The van der Waals surface area contributed by atoms with Crippen LogP contribution >= 0.6 is 0 Å². The Labute approximate surface area is 206 Å². The topological polar surface area (TPSA) is 126 Å². The summed E-state index contributed by atoms with van der Waals surface area (Å²) >= 11 is 0. The highest BCUT2D eigenvalue weighted by Crippen LogP contribution is 2.32.